The quantitative estimate of drug-likeness (QED) is 0.917. The Balaban J connectivity index is 1.80. The first-order valence-electron chi connectivity index (χ1n) is 7.04. The van der Waals surface area contributed by atoms with Crippen LogP contribution in [0.3, 0.4) is 0 Å². The van der Waals surface area contributed by atoms with E-state index in [0.717, 1.165) is 31.8 Å². The van der Waals surface area contributed by atoms with E-state index in [9.17, 15) is 4.79 Å². The standard InChI is InChI=1S/C15H20N2OS/c1-2-17(11-7-8-16-9-11)15(18)13-10-19-14-6-4-3-5-12(13)14/h3-6,11,13,16H,2,7-10H2,1H3. The normalized spacial score (nSPS) is 25.3. The number of thioether (sulfide) groups is 1. The molecule has 0 saturated carbocycles. The Kier molecular flexibility index (Phi) is 3.80. The third-order valence-corrected chi connectivity index (χ3v) is 5.28. The maximum absolute atomic E-state index is 12.8. The van der Waals surface area contributed by atoms with E-state index in [1.54, 1.807) is 0 Å². The number of carbonyl (C=O) groups is 1. The molecule has 3 rings (SSSR count). The molecule has 1 amide bonds. The van der Waals surface area contributed by atoms with Gasteiger partial charge in [-0.25, -0.2) is 0 Å². The van der Waals surface area contributed by atoms with Crippen LogP contribution in [0.15, 0.2) is 29.2 Å². The summed E-state index contributed by atoms with van der Waals surface area (Å²) in [4.78, 5) is 16.2. The Bertz CT molecular complexity index is 471. The summed E-state index contributed by atoms with van der Waals surface area (Å²) in [6.07, 6.45) is 1.08. The van der Waals surface area contributed by atoms with Crippen LogP contribution >= 0.6 is 11.8 Å². The third kappa shape index (κ3) is 2.39. The Hall–Kier alpha value is -1.00. The topological polar surface area (TPSA) is 32.3 Å². The highest BCUT2D eigenvalue weighted by atomic mass is 32.2. The zero-order chi connectivity index (χ0) is 13.2. The Morgan fingerprint density at radius 2 is 2.32 bits per heavy atom. The molecule has 102 valence electrons. The summed E-state index contributed by atoms with van der Waals surface area (Å²) >= 11 is 1.81. The van der Waals surface area contributed by atoms with Crippen molar-refractivity contribution in [1.82, 2.24) is 10.2 Å². The van der Waals surface area contributed by atoms with Gasteiger partial charge in [-0.05, 0) is 31.5 Å². The summed E-state index contributed by atoms with van der Waals surface area (Å²) in [7, 11) is 0. The van der Waals surface area contributed by atoms with E-state index in [4.69, 9.17) is 0 Å². The molecule has 1 N–H and O–H groups in total. The first kappa shape index (κ1) is 13.0. The minimum atomic E-state index is 0.0572. The molecule has 1 aromatic carbocycles. The molecule has 0 aromatic heterocycles. The maximum atomic E-state index is 12.8. The van der Waals surface area contributed by atoms with Gasteiger partial charge in [0.15, 0.2) is 0 Å². The number of nitrogens with one attached hydrogen (secondary N) is 1. The predicted molar refractivity (Wildman–Crippen MR) is 78.6 cm³/mol. The van der Waals surface area contributed by atoms with Gasteiger partial charge in [0.1, 0.15) is 0 Å². The molecule has 0 aliphatic carbocycles. The van der Waals surface area contributed by atoms with Gasteiger partial charge in [-0.15, -0.1) is 11.8 Å². The molecule has 4 heteroatoms. The predicted octanol–water partition coefficient (Wildman–Crippen LogP) is 2.09. The number of carbonyl (C=O) groups excluding carboxylic acids is 1. The number of hydrogen-bond donors (Lipinski definition) is 1. The van der Waals surface area contributed by atoms with Crippen molar-refractivity contribution in [3.05, 3.63) is 29.8 Å². The van der Waals surface area contributed by atoms with Crippen molar-refractivity contribution in [3.8, 4) is 0 Å². The molecule has 2 atom stereocenters. The highest BCUT2D eigenvalue weighted by Crippen LogP contribution is 2.40. The van der Waals surface area contributed by atoms with Crippen molar-refractivity contribution in [3.63, 3.8) is 0 Å². The first-order valence-corrected chi connectivity index (χ1v) is 8.02. The summed E-state index contributed by atoms with van der Waals surface area (Å²) in [6.45, 7) is 4.88. The lowest BCUT2D eigenvalue weighted by atomic mass is 9.99. The van der Waals surface area contributed by atoms with E-state index in [0.29, 0.717) is 11.9 Å². The molecule has 19 heavy (non-hydrogen) atoms. The minimum Gasteiger partial charge on any atom is -0.338 e. The summed E-state index contributed by atoms with van der Waals surface area (Å²) in [5, 5.41) is 3.35. The minimum absolute atomic E-state index is 0.0572. The average Bonchev–Trinajstić information content (AvgIpc) is 3.08. The molecule has 1 saturated heterocycles. The number of likely N-dealkylation sites (N-methyl/N-ethyl adjacent to an activating group) is 1. The van der Waals surface area contributed by atoms with Gasteiger partial charge in [-0.3, -0.25) is 4.79 Å². The molecular formula is C15H20N2OS. The Morgan fingerprint density at radius 1 is 1.47 bits per heavy atom. The van der Waals surface area contributed by atoms with Gasteiger partial charge in [0.05, 0.1) is 5.92 Å². The van der Waals surface area contributed by atoms with Crippen LogP contribution in [0.2, 0.25) is 0 Å². The fourth-order valence-electron chi connectivity index (χ4n) is 3.07. The smallest absolute Gasteiger partial charge is 0.231 e. The van der Waals surface area contributed by atoms with Gasteiger partial charge in [0.25, 0.3) is 0 Å². The fourth-order valence-corrected chi connectivity index (χ4v) is 4.29. The van der Waals surface area contributed by atoms with E-state index in [1.165, 1.54) is 10.5 Å². The lowest BCUT2D eigenvalue weighted by Crippen LogP contribution is -2.44. The molecule has 3 nitrogen and oxygen atoms in total. The van der Waals surface area contributed by atoms with Crippen LogP contribution in [0.25, 0.3) is 0 Å². The molecule has 2 aliphatic heterocycles. The molecule has 1 fully saturated rings. The molecule has 2 aliphatic rings. The molecule has 0 bridgehead atoms. The number of amides is 1. The number of nitrogens with zero attached hydrogens (tertiary/aromatic N) is 1. The van der Waals surface area contributed by atoms with Crippen molar-refractivity contribution >= 4 is 17.7 Å². The Labute approximate surface area is 118 Å². The first-order chi connectivity index (χ1) is 9.31. The van der Waals surface area contributed by atoms with Crippen molar-refractivity contribution in [2.45, 2.75) is 30.2 Å². The zero-order valence-corrected chi connectivity index (χ0v) is 12.1. The second-order valence-electron chi connectivity index (χ2n) is 5.17. The van der Waals surface area contributed by atoms with Crippen LogP contribution in [0, 0.1) is 0 Å². The molecule has 0 spiro atoms. The third-order valence-electron chi connectivity index (χ3n) is 4.10. The molecule has 0 radical (unpaired) electrons. The van der Waals surface area contributed by atoms with Gasteiger partial charge in [-0.2, -0.15) is 0 Å². The summed E-state index contributed by atoms with van der Waals surface area (Å²) in [6, 6.07) is 8.71. The highest BCUT2D eigenvalue weighted by molar-refractivity contribution is 7.99. The molecular weight excluding hydrogens is 256 g/mol. The van der Waals surface area contributed by atoms with Gasteiger partial charge in [0, 0.05) is 29.8 Å². The second-order valence-corrected chi connectivity index (χ2v) is 6.23. The molecule has 2 heterocycles. The van der Waals surface area contributed by atoms with Crippen molar-refractivity contribution in [1.29, 1.82) is 0 Å². The van der Waals surface area contributed by atoms with E-state index in [-0.39, 0.29) is 5.92 Å². The van der Waals surface area contributed by atoms with E-state index >= 15 is 0 Å². The van der Waals surface area contributed by atoms with Gasteiger partial charge in [0.2, 0.25) is 5.91 Å². The fraction of sp³-hybridized carbons (Fsp3) is 0.533. The van der Waals surface area contributed by atoms with Crippen LogP contribution in [0.5, 0.6) is 0 Å². The van der Waals surface area contributed by atoms with Gasteiger partial charge < -0.3 is 10.2 Å². The van der Waals surface area contributed by atoms with E-state index in [2.05, 4.69) is 35.3 Å². The van der Waals surface area contributed by atoms with Crippen LogP contribution < -0.4 is 5.32 Å². The lowest BCUT2D eigenvalue weighted by Gasteiger charge is -2.29. The highest BCUT2D eigenvalue weighted by Gasteiger charge is 2.35. The monoisotopic (exact) mass is 276 g/mol. The molecule has 2 unspecified atom stereocenters. The van der Waals surface area contributed by atoms with E-state index in [1.807, 2.05) is 17.8 Å². The van der Waals surface area contributed by atoms with Crippen LogP contribution in [0.1, 0.15) is 24.8 Å². The van der Waals surface area contributed by atoms with Crippen molar-refractivity contribution in [2.24, 2.45) is 0 Å². The Morgan fingerprint density at radius 3 is 3.05 bits per heavy atom. The number of hydrogen-bond acceptors (Lipinski definition) is 3. The van der Waals surface area contributed by atoms with Crippen molar-refractivity contribution < 1.29 is 4.79 Å². The van der Waals surface area contributed by atoms with Gasteiger partial charge >= 0.3 is 0 Å². The van der Waals surface area contributed by atoms with Gasteiger partial charge in [-0.1, -0.05) is 18.2 Å². The second kappa shape index (κ2) is 5.55. The largest absolute Gasteiger partial charge is 0.338 e. The maximum Gasteiger partial charge on any atom is 0.231 e. The van der Waals surface area contributed by atoms with Crippen LogP contribution in [-0.4, -0.2) is 42.2 Å². The van der Waals surface area contributed by atoms with E-state index < -0.39 is 0 Å². The summed E-state index contributed by atoms with van der Waals surface area (Å²) in [5.41, 5.74) is 1.22. The SMILES string of the molecule is CCN(C(=O)C1CSc2ccccc21)C1CCNC1. The summed E-state index contributed by atoms with van der Waals surface area (Å²) < 4.78 is 0. The van der Waals surface area contributed by atoms with Crippen molar-refractivity contribution in [2.75, 3.05) is 25.4 Å². The average molecular weight is 276 g/mol. The summed E-state index contributed by atoms with van der Waals surface area (Å²) in [5.74, 6) is 1.27. The lowest BCUT2D eigenvalue weighted by molar-refractivity contribution is -0.134. The number of benzene rings is 1. The number of rotatable bonds is 3. The van der Waals surface area contributed by atoms with Crippen LogP contribution in [0.4, 0.5) is 0 Å². The molecule has 1 aromatic rings. The number of fused-ring (bicyclic) bond motifs is 1. The van der Waals surface area contributed by atoms with Crippen LogP contribution in [-0.2, 0) is 4.79 Å². The zero-order valence-electron chi connectivity index (χ0n) is 11.3.